The smallest absolute Gasteiger partial charge is 0.263 e. The molecule has 2 aliphatic rings. The molecule has 25 heavy (non-hydrogen) atoms. The molecule has 0 bridgehead atoms. The summed E-state index contributed by atoms with van der Waals surface area (Å²) in [6.07, 6.45) is 4.71. The normalized spacial score (nSPS) is 19.1. The molecule has 4 rings (SSSR count). The first-order chi connectivity index (χ1) is 12.1. The van der Waals surface area contributed by atoms with E-state index in [0.717, 1.165) is 48.2 Å². The molecule has 0 unspecified atom stereocenters. The van der Waals surface area contributed by atoms with Crippen molar-refractivity contribution in [3.63, 3.8) is 0 Å². The van der Waals surface area contributed by atoms with Crippen LogP contribution in [0.5, 0.6) is 0 Å². The predicted octanol–water partition coefficient (Wildman–Crippen LogP) is 3.61. The van der Waals surface area contributed by atoms with Crippen LogP contribution < -0.4 is 5.32 Å². The Kier molecular flexibility index (Phi) is 4.56. The summed E-state index contributed by atoms with van der Waals surface area (Å²) in [5, 5.41) is 3.93. The number of carbonyl (C=O) groups is 1. The van der Waals surface area contributed by atoms with Crippen molar-refractivity contribution in [1.82, 2.24) is 15.2 Å². The molecule has 0 radical (unpaired) electrons. The summed E-state index contributed by atoms with van der Waals surface area (Å²) in [5.41, 5.74) is 1.57. The first kappa shape index (κ1) is 16.7. The second-order valence-corrected chi connectivity index (χ2v) is 7.95. The van der Waals surface area contributed by atoms with Crippen LogP contribution in [-0.4, -0.2) is 41.0 Å². The van der Waals surface area contributed by atoms with Crippen molar-refractivity contribution in [3.8, 4) is 10.6 Å². The standard InChI is InChI=1S/C19H22FN3OS/c1-12-17(25-19(21-12)13-2-4-14(20)5-3-13)18(24)22-15-8-10-23(11-9-15)16-6-7-16/h2-5,15-16H,6-11H2,1H3,(H,22,24). The lowest BCUT2D eigenvalue weighted by Gasteiger charge is -2.32. The molecule has 1 aliphatic heterocycles. The number of likely N-dealkylation sites (tertiary alicyclic amines) is 1. The van der Waals surface area contributed by atoms with Crippen LogP contribution in [0.15, 0.2) is 24.3 Å². The van der Waals surface area contributed by atoms with Gasteiger partial charge in [-0.1, -0.05) is 0 Å². The molecule has 1 saturated heterocycles. The van der Waals surface area contributed by atoms with Gasteiger partial charge in [-0.15, -0.1) is 11.3 Å². The Hall–Kier alpha value is -1.79. The minimum atomic E-state index is -0.271. The van der Waals surface area contributed by atoms with Crippen molar-refractivity contribution in [3.05, 3.63) is 40.7 Å². The Morgan fingerprint density at radius 2 is 1.88 bits per heavy atom. The quantitative estimate of drug-likeness (QED) is 0.907. The van der Waals surface area contributed by atoms with Gasteiger partial charge in [0, 0.05) is 30.7 Å². The van der Waals surface area contributed by atoms with Gasteiger partial charge >= 0.3 is 0 Å². The molecule has 2 heterocycles. The summed E-state index contributed by atoms with van der Waals surface area (Å²) in [6, 6.07) is 7.28. The number of hydrogen-bond donors (Lipinski definition) is 1. The van der Waals surface area contributed by atoms with E-state index in [-0.39, 0.29) is 17.8 Å². The van der Waals surface area contributed by atoms with E-state index in [4.69, 9.17) is 0 Å². The molecule has 1 saturated carbocycles. The molecule has 132 valence electrons. The molecule has 6 heteroatoms. The third kappa shape index (κ3) is 3.75. The minimum Gasteiger partial charge on any atom is -0.348 e. The number of amides is 1. The summed E-state index contributed by atoms with van der Waals surface area (Å²) >= 11 is 1.37. The first-order valence-corrected chi connectivity index (χ1v) is 9.70. The van der Waals surface area contributed by atoms with Crippen molar-refractivity contribution < 1.29 is 9.18 Å². The van der Waals surface area contributed by atoms with Gasteiger partial charge in [0.2, 0.25) is 0 Å². The number of carbonyl (C=O) groups excluding carboxylic acids is 1. The maximum Gasteiger partial charge on any atom is 0.263 e. The van der Waals surface area contributed by atoms with Crippen molar-refractivity contribution in [2.75, 3.05) is 13.1 Å². The molecule has 1 amide bonds. The van der Waals surface area contributed by atoms with Gasteiger partial charge in [0.15, 0.2) is 0 Å². The highest BCUT2D eigenvalue weighted by molar-refractivity contribution is 7.17. The molecule has 1 N–H and O–H groups in total. The zero-order valence-electron chi connectivity index (χ0n) is 14.3. The molecule has 4 nitrogen and oxygen atoms in total. The Balaban J connectivity index is 1.41. The Bertz CT molecular complexity index is 761. The van der Waals surface area contributed by atoms with Crippen molar-refractivity contribution >= 4 is 17.2 Å². The SMILES string of the molecule is Cc1nc(-c2ccc(F)cc2)sc1C(=O)NC1CCN(C2CC2)CC1. The molecular formula is C19H22FN3OS. The van der Waals surface area contributed by atoms with Crippen molar-refractivity contribution in [2.45, 2.75) is 44.7 Å². The second-order valence-electron chi connectivity index (χ2n) is 6.96. The predicted molar refractivity (Wildman–Crippen MR) is 97.3 cm³/mol. The number of piperidine rings is 1. The molecule has 0 atom stereocenters. The summed E-state index contributed by atoms with van der Waals surface area (Å²) in [4.78, 5) is 20.3. The number of nitrogens with one attached hydrogen (secondary N) is 1. The van der Waals surface area contributed by atoms with Gasteiger partial charge in [-0.2, -0.15) is 0 Å². The molecule has 2 aromatic rings. The highest BCUT2D eigenvalue weighted by Gasteiger charge is 2.32. The van der Waals surface area contributed by atoms with E-state index in [2.05, 4.69) is 15.2 Å². The van der Waals surface area contributed by atoms with Crippen molar-refractivity contribution in [1.29, 1.82) is 0 Å². The Morgan fingerprint density at radius 3 is 2.52 bits per heavy atom. The average Bonchev–Trinajstić information content (AvgIpc) is 3.38. The average molecular weight is 359 g/mol. The topological polar surface area (TPSA) is 45.2 Å². The number of aromatic nitrogens is 1. The number of rotatable bonds is 4. The fourth-order valence-electron chi connectivity index (χ4n) is 3.42. The van der Waals surface area contributed by atoms with Crippen LogP contribution in [0.4, 0.5) is 4.39 Å². The fraction of sp³-hybridized carbons (Fsp3) is 0.474. The summed E-state index contributed by atoms with van der Waals surface area (Å²) in [7, 11) is 0. The number of aryl methyl sites for hydroxylation is 1. The monoisotopic (exact) mass is 359 g/mol. The number of hydrogen-bond acceptors (Lipinski definition) is 4. The summed E-state index contributed by atoms with van der Waals surface area (Å²) in [5.74, 6) is -0.305. The lowest BCUT2D eigenvalue weighted by Crippen LogP contribution is -2.45. The van der Waals surface area contributed by atoms with Gasteiger partial charge in [-0.3, -0.25) is 4.79 Å². The highest BCUT2D eigenvalue weighted by Crippen LogP contribution is 2.30. The molecule has 1 aromatic heterocycles. The lowest BCUT2D eigenvalue weighted by atomic mass is 10.0. The van der Waals surface area contributed by atoms with Gasteiger partial charge in [0.05, 0.1) is 5.69 Å². The van der Waals surface area contributed by atoms with Crippen LogP contribution in [0.25, 0.3) is 10.6 Å². The second kappa shape index (κ2) is 6.84. The largest absolute Gasteiger partial charge is 0.348 e. The first-order valence-electron chi connectivity index (χ1n) is 8.88. The summed E-state index contributed by atoms with van der Waals surface area (Å²) < 4.78 is 13.1. The van der Waals surface area contributed by atoms with E-state index < -0.39 is 0 Å². The van der Waals surface area contributed by atoms with Crippen LogP contribution in [0, 0.1) is 12.7 Å². The Morgan fingerprint density at radius 1 is 1.20 bits per heavy atom. The zero-order valence-corrected chi connectivity index (χ0v) is 15.1. The summed E-state index contributed by atoms with van der Waals surface area (Å²) in [6.45, 7) is 4.02. The molecule has 1 aromatic carbocycles. The van der Waals surface area contributed by atoms with Gasteiger partial charge in [0.25, 0.3) is 5.91 Å². The molecular weight excluding hydrogens is 337 g/mol. The van der Waals surface area contributed by atoms with Crippen LogP contribution in [0.1, 0.15) is 41.0 Å². The van der Waals surface area contributed by atoms with Crippen molar-refractivity contribution in [2.24, 2.45) is 0 Å². The maximum absolute atomic E-state index is 13.1. The minimum absolute atomic E-state index is 0.0340. The lowest BCUT2D eigenvalue weighted by molar-refractivity contribution is 0.0912. The highest BCUT2D eigenvalue weighted by atomic mass is 32.1. The van der Waals surface area contributed by atoms with Gasteiger partial charge in [0.1, 0.15) is 15.7 Å². The number of benzene rings is 1. The van der Waals surface area contributed by atoms with Gasteiger partial charge < -0.3 is 10.2 Å². The number of halogens is 1. The maximum atomic E-state index is 13.1. The fourth-order valence-corrected chi connectivity index (χ4v) is 4.40. The van der Waals surface area contributed by atoms with Crippen LogP contribution in [0.2, 0.25) is 0 Å². The van der Waals surface area contributed by atoms with E-state index in [1.807, 2.05) is 6.92 Å². The van der Waals surface area contributed by atoms with E-state index in [9.17, 15) is 9.18 Å². The van der Waals surface area contributed by atoms with E-state index in [0.29, 0.717) is 4.88 Å². The molecule has 2 fully saturated rings. The zero-order chi connectivity index (χ0) is 17.4. The van der Waals surface area contributed by atoms with E-state index in [1.165, 1.54) is 36.3 Å². The number of nitrogens with zero attached hydrogens (tertiary/aromatic N) is 2. The van der Waals surface area contributed by atoms with Crippen LogP contribution >= 0.6 is 11.3 Å². The van der Waals surface area contributed by atoms with Crippen LogP contribution in [0.3, 0.4) is 0 Å². The van der Waals surface area contributed by atoms with Gasteiger partial charge in [-0.25, -0.2) is 9.37 Å². The van der Waals surface area contributed by atoms with E-state index >= 15 is 0 Å². The number of thiazole rings is 1. The molecule has 0 spiro atoms. The molecule has 1 aliphatic carbocycles. The van der Waals surface area contributed by atoms with Gasteiger partial charge in [-0.05, 0) is 56.9 Å². The Labute approximate surface area is 151 Å². The van der Waals surface area contributed by atoms with E-state index in [1.54, 1.807) is 12.1 Å². The van der Waals surface area contributed by atoms with Crippen LogP contribution in [-0.2, 0) is 0 Å². The third-order valence-corrected chi connectivity index (χ3v) is 6.23. The third-order valence-electron chi connectivity index (χ3n) is 5.02.